The highest BCUT2D eigenvalue weighted by Gasteiger charge is 2.23. The third-order valence-corrected chi connectivity index (χ3v) is 2.32. The molecule has 2 rings (SSSR count). The molecule has 5 nitrogen and oxygen atoms in total. The second kappa shape index (κ2) is 4.47. The fourth-order valence-corrected chi connectivity index (χ4v) is 1.46. The molecule has 88 valence electrons. The van der Waals surface area contributed by atoms with E-state index in [1.165, 1.54) is 7.11 Å². The molecule has 1 aromatic carbocycles. The molecule has 0 aliphatic carbocycles. The number of carbonyl (C=O) groups is 2. The molecular formula is C11H8ClNO4. The Bertz CT molecular complexity index is 524. The Morgan fingerprint density at radius 1 is 1.53 bits per heavy atom. The van der Waals surface area contributed by atoms with Crippen LogP contribution in [-0.4, -0.2) is 19.0 Å². The Kier molecular flexibility index (Phi) is 3.01. The molecule has 1 aliphatic rings. The molecule has 0 unspecified atom stereocenters. The third-order valence-electron chi connectivity index (χ3n) is 2.09. The van der Waals surface area contributed by atoms with Gasteiger partial charge in [-0.3, -0.25) is 4.79 Å². The lowest BCUT2D eigenvalue weighted by Gasteiger charge is -2.19. The van der Waals surface area contributed by atoms with Crippen molar-refractivity contribution in [1.29, 1.82) is 0 Å². The van der Waals surface area contributed by atoms with Gasteiger partial charge in [0.15, 0.2) is 11.5 Å². The minimum absolute atomic E-state index is 0.133. The molecule has 6 heteroatoms. The lowest BCUT2D eigenvalue weighted by atomic mass is 10.2. The van der Waals surface area contributed by atoms with E-state index in [1.807, 2.05) is 0 Å². The van der Waals surface area contributed by atoms with Gasteiger partial charge in [0.05, 0.1) is 18.9 Å². The largest absolute Gasteiger partial charge is 0.466 e. The first-order valence-corrected chi connectivity index (χ1v) is 5.06. The fourth-order valence-electron chi connectivity index (χ4n) is 1.29. The smallest absolute Gasteiger partial charge is 0.334 e. The summed E-state index contributed by atoms with van der Waals surface area (Å²) in [5.74, 6) is -0.926. The van der Waals surface area contributed by atoms with E-state index in [4.69, 9.17) is 16.3 Å². The Morgan fingerprint density at radius 2 is 2.29 bits per heavy atom. The number of amides is 1. The van der Waals surface area contributed by atoms with Crippen LogP contribution in [0.4, 0.5) is 5.69 Å². The number of hydrogen-bond donors (Lipinski definition) is 1. The van der Waals surface area contributed by atoms with Crippen LogP contribution in [0.15, 0.2) is 30.0 Å². The van der Waals surface area contributed by atoms with Crippen LogP contribution in [-0.2, 0) is 14.3 Å². The molecular weight excluding hydrogens is 246 g/mol. The summed E-state index contributed by atoms with van der Waals surface area (Å²) in [5.41, 5.74) is 0.501. The minimum atomic E-state index is -0.666. The average molecular weight is 254 g/mol. The number of benzene rings is 1. The van der Waals surface area contributed by atoms with Crippen molar-refractivity contribution in [3.63, 3.8) is 0 Å². The van der Waals surface area contributed by atoms with E-state index >= 15 is 0 Å². The van der Waals surface area contributed by atoms with Gasteiger partial charge in [-0.1, -0.05) is 11.6 Å². The summed E-state index contributed by atoms with van der Waals surface area (Å²) in [5, 5.41) is 3.04. The van der Waals surface area contributed by atoms with Gasteiger partial charge >= 0.3 is 5.97 Å². The molecule has 0 fully saturated rings. The van der Waals surface area contributed by atoms with Gasteiger partial charge in [-0.2, -0.15) is 0 Å². The molecule has 0 aromatic heterocycles. The zero-order valence-corrected chi connectivity index (χ0v) is 9.58. The number of nitrogens with one attached hydrogen (secondary N) is 1. The first-order chi connectivity index (χ1) is 8.10. The van der Waals surface area contributed by atoms with E-state index in [2.05, 4.69) is 10.1 Å². The van der Waals surface area contributed by atoms with Crippen molar-refractivity contribution in [3.05, 3.63) is 35.1 Å². The molecule has 0 bridgehead atoms. The Morgan fingerprint density at radius 3 is 3.00 bits per heavy atom. The summed E-state index contributed by atoms with van der Waals surface area (Å²) >= 11 is 5.79. The Labute approximate surface area is 102 Å². The van der Waals surface area contributed by atoms with Gasteiger partial charge < -0.3 is 14.8 Å². The number of halogens is 1. The highest BCUT2D eigenvalue weighted by molar-refractivity contribution is 6.31. The van der Waals surface area contributed by atoms with E-state index in [0.29, 0.717) is 16.5 Å². The number of ether oxygens (including phenoxy) is 2. The van der Waals surface area contributed by atoms with Crippen LogP contribution in [0, 0.1) is 0 Å². The van der Waals surface area contributed by atoms with Gasteiger partial charge in [-0.25, -0.2) is 4.79 Å². The standard InChI is InChI=1S/C11H8ClNO4/c1-16-10(14)5-9-11(15)13-7-3-2-6(12)4-8(7)17-9/h2-5H,1H3,(H,13,15)/b9-5+. The number of hydrogen-bond acceptors (Lipinski definition) is 4. The molecule has 0 atom stereocenters. The quantitative estimate of drug-likeness (QED) is 0.611. The van der Waals surface area contributed by atoms with Gasteiger partial charge in [0.1, 0.15) is 0 Å². The van der Waals surface area contributed by atoms with E-state index in [9.17, 15) is 9.59 Å². The predicted molar refractivity (Wildman–Crippen MR) is 60.8 cm³/mol. The molecule has 1 heterocycles. The highest BCUT2D eigenvalue weighted by atomic mass is 35.5. The van der Waals surface area contributed by atoms with Gasteiger partial charge in [0, 0.05) is 11.1 Å². The van der Waals surface area contributed by atoms with E-state index in [0.717, 1.165) is 6.08 Å². The third kappa shape index (κ3) is 2.39. The summed E-state index contributed by atoms with van der Waals surface area (Å²) < 4.78 is 9.67. The average Bonchev–Trinajstić information content (AvgIpc) is 2.30. The SMILES string of the molecule is COC(=O)/C=C1/Oc2cc(Cl)ccc2NC1=O. The monoisotopic (exact) mass is 253 g/mol. The van der Waals surface area contributed by atoms with E-state index in [-0.39, 0.29) is 5.76 Å². The van der Waals surface area contributed by atoms with Crippen LogP contribution in [0.2, 0.25) is 5.02 Å². The molecule has 1 N–H and O–H groups in total. The zero-order valence-electron chi connectivity index (χ0n) is 8.82. The molecule has 0 radical (unpaired) electrons. The maximum absolute atomic E-state index is 11.5. The maximum Gasteiger partial charge on any atom is 0.334 e. The van der Waals surface area contributed by atoms with Crippen molar-refractivity contribution < 1.29 is 19.1 Å². The van der Waals surface area contributed by atoms with Crippen LogP contribution < -0.4 is 10.1 Å². The van der Waals surface area contributed by atoms with Crippen LogP contribution in [0.1, 0.15) is 0 Å². The van der Waals surface area contributed by atoms with Crippen molar-refractivity contribution in [2.45, 2.75) is 0 Å². The van der Waals surface area contributed by atoms with E-state index in [1.54, 1.807) is 18.2 Å². The van der Waals surface area contributed by atoms with Crippen molar-refractivity contribution in [3.8, 4) is 5.75 Å². The zero-order chi connectivity index (χ0) is 12.4. The number of anilines is 1. The molecule has 0 spiro atoms. The summed E-state index contributed by atoms with van der Waals surface area (Å²) in [6.07, 6.45) is 0.971. The normalized spacial score (nSPS) is 15.9. The second-order valence-electron chi connectivity index (χ2n) is 3.23. The Balaban J connectivity index is 2.35. The Hall–Kier alpha value is -2.01. The summed E-state index contributed by atoms with van der Waals surface area (Å²) in [6, 6.07) is 4.78. The lowest BCUT2D eigenvalue weighted by molar-refractivity contribution is -0.135. The molecule has 1 aromatic rings. The number of methoxy groups -OCH3 is 1. The predicted octanol–water partition coefficient (Wildman–Crippen LogP) is 1.73. The number of rotatable bonds is 1. The van der Waals surface area contributed by atoms with Crippen molar-refractivity contribution >= 4 is 29.2 Å². The minimum Gasteiger partial charge on any atom is -0.466 e. The highest BCUT2D eigenvalue weighted by Crippen LogP contribution is 2.33. The number of fused-ring (bicyclic) bond motifs is 1. The van der Waals surface area contributed by atoms with E-state index < -0.39 is 11.9 Å². The van der Waals surface area contributed by atoms with Crippen LogP contribution >= 0.6 is 11.6 Å². The summed E-state index contributed by atoms with van der Waals surface area (Å²) in [4.78, 5) is 22.6. The van der Waals surface area contributed by atoms with Crippen molar-refractivity contribution in [1.82, 2.24) is 0 Å². The first kappa shape index (κ1) is 11.5. The molecule has 0 saturated carbocycles. The van der Waals surface area contributed by atoms with Gasteiger partial charge in [0.2, 0.25) is 0 Å². The van der Waals surface area contributed by atoms with Crippen LogP contribution in [0.5, 0.6) is 5.75 Å². The first-order valence-electron chi connectivity index (χ1n) is 4.68. The molecule has 1 aliphatic heterocycles. The summed E-state index contributed by atoms with van der Waals surface area (Å²) in [7, 11) is 1.21. The summed E-state index contributed by atoms with van der Waals surface area (Å²) in [6.45, 7) is 0. The van der Waals surface area contributed by atoms with Crippen LogP contribution in [0.25, 0.3) is 0 Å². The maximum atomic E-state index is 11.5. The van der Waals surface area contributed by atoms with Crippen molar-refractivity contribution in [2.24, 2.45) is 0 Å². The topological polar surface area (TPSA) is 64.6 Å². The molecule has 0 saturated heterocycles. The number of esters is 1. The molecule has 1 amide bonds. The number of carbonyl (C=O) groups excluding carboxylic acids is 2. The molecule has 17 heavy (non-hydrogen) atoms. The van der Waals surface area contributed by atoms with Gasteiger partial charge in [-0.05, 0) is 12.1 Å². The van der Waals surface area contributed by atoms with Gasteiger partial charge in [-0.15, -0.1) is 0 Å². The van der Waals surface area contributed by atoms with Crippen LogP contribution in [0.3, 0.4) is 0 Å². The fraction of sp³-hybridized carbons (Fsp3) is 0.0909. The second-order valence-corrected chi connectivity index (χ2v) is 3.66. The van der Waals surface area contributed by atoms with Gasteiger partial charge in [0.25, 0.3) is 5.91 Å². The lowest BCUT2D eigenvalue weighted by Crippen LogP contribution is -2.24. The van der Waals surface area contributed by atoms with Crippen molar-refractivity contribution in [2.75, 3.05) is 12.4 Å².